The van der Waals surface area contributed by atoms with Crippen LogP contribution in [0.5, 0.6) is 0 Å². The van der Waals surface area contributed by atoms with Gasteiger partial charge in [-0.3, -0.25) is 4.79 Å². The molecule has 0 saturated carbocycles. The maximum atomic E-state index is 10.1. The molecule has 0 aliphatic heterocycles. The van der Waals surface area contributed by atoms with Crippen LogP contribution in [0.25, 0.3) is 0 Å². The summed E-state index contributed by atoms with van der Waals surface area (Å²) in [6.07, 6.45) is 1.72. The Morgan fingerprint density at radius 2 is 2.33 bits per heavy atom. The number of rotatable bonds is 3. The SMILES string of the molecule is CCCC(I)C(=O)O.[H-].[K+]. The molecule has 0 saturated heterocycles. The second-order valence-corrected chi connectivity index (χ2v) is 3.10. The van der Waals surface area contributed by atoms with E-state index in [1.807, 2.05) is 29.5 Å². The Morgan fingerprint density at radius 3 is 2.44 bits per heavy atom. The Kier molecular flexibility index (Phi) is 11.8. The van der Waals surface area contributed by atoms with Crippen molar-refractivity contribution in [2.45, 2.75) is 23.7 Å². The van der Waals surface area contributed by atoms with E-state index in [9.17, 15) is 4.79 Å². The fourth-order valence-corrected chi connectivity index (χ4v) is 1.000. The van der Waals surface area contributed by atoms with Crippen LogP contribution in [0.1, 0.15) is 21.2 Å². The number of carboxylic acid groups (broad SMARTS) is 1. The van der Waals surface area contributed by atoms with Gasteiger partial charge in [-0.05, 0) is 6.42 Å². The van der Waals surface area contributed by atoms with E-state index < -0.39 is 5.97 Å². The monoisotopic (exact) mass is 268 g/mol. The summed E-state index contributed by atoms with van der Waals surface area (Å²) < 4.78 is -0.197. The third kappa shape index (κ3) is 7.74. The molecule has 0 heterocycles. The minimum atomic E-state index is -0.701. The zero-order chi connectivity index (χ0) is 6.57. The molecule has 0 rings (SSSR count). The van der Waals surface area contributed by atoms with Gasteiger partial charge in [-0.15, -0.1) is 0 Å². The van der Waals surface area contributed by atoms with Gasteiger partial charge in [-0.25, -0.2) is 0 Å². The summed E-state index contributed by atoms with van der Waals surface area (Å²) in [5, 5.41) is 8.31. The molecule has 1 unspecified atom stereocenters. The van der Waals surface area contributed by atoms with Gasteiger partial charge in [-0.1, -0.05) is 35.9 Å². The average Bonchev–Trinajstić information content (AvgIpc) is 1.67. The molecule has 1 atom stereocenters. The maximum Gasteiger partial charge on any atom is 1.00 e. The van der Waals surface area contributed by atoms with Crippen LogP contribution < -0.4 is 51.4 Å². The van der Waals surface area contributed by atoms with Crippen LogP contribution in [-0.2, 0) is 4.79 Å². The quantitative estimate of drug-likeness (QED) is 0.396. The fourth-order valence-electron chi connectivity index (χ4n) is 0.377. The Morgan fingerprint density at radius 1 is 1.89 bits per heavy atom. The van der Waals surface area contributed by atoms with Crippen molar-refractivity contribution >= 4 is 28.6 Å². The van der Waals surface area contributed by atoms with Crippen molar-refractivity contribution in [3.05, 3.63) is 0 Å². The van der Waals surface area contributed by atoms with Gasteiger partial charge < -0.3 is 6.53 Å². The molecule has 9 heavy (non-hydrogen) atoms. The largest absolute Gasteiger partial charge is 1.00 e. The summed E-state index contributed by atoms with van der Waals surface area (Å²) in [6, 6.07) is 0. The van der Waals surface area contributed by atoms with Crippen LogP contribution >= 0.6 is 22.6 Å². The van der Waals surface area contributed by atoms with E-state index in [0.29, 0.717) is 0 Å². The minimum absolute atomic E-state index is 0. The van der Waals surface area contributed by atoms with Crippen molar-refractivity contribution in [3.63, 3.8) is 0 Å². The van der Waals surface area contributed by atoms with Gasteiger partial charge in [0.15, 0.2) is 0 Å². The molecule has 0 bridgehead atoms. The van der Waals surface area contributed by atoms with E-state index >= 15 is 0 Å². The van der Waals surface area contributed by atoms with Crippen LogP contribution in [0.15, 0.2) is 0 Å². The van der Waals surface area contributed by atoms with Crippen molar-refractivity contribution in [2.75, 3.05) is 0 Å². The zero-order valence-electron chi connectivity index (χ0n) is 6.72. The number of halogens is 1. The van der Waals surface area contributed by atoms with E-state index in [4.69, 9.17) is 5.11 Å². The van der Waals surface area contributed by atoms with E-state index in [2.05, 4.69) is 0 Å². The average molecular weight is 268 g/mol. The molecule has 0 radical (unpaired) electrons. The van der Waals surface area contributed by atoms with Gasteiger partial charge in [0.2, 0.25) is 0 Å². The predicted octanol–water partition coefficient (Wildman–Crippen LogP) is -1.21. The van der Waals surface area contributed by atoms with E-state index in [1.54, 1.807) is 0 Å². The van der Waals surface area contributed by atoms with E-state index in [0.717, 1.165) is 12.8 Å². The van der Waals surface area contributed by atoms with Crippen LogP contribution in [0.2, 0.25) is 0 Å². The first-order valence-corrected chi connectivity index (χ1v) is 3.80. The fraction of sp³-hybridized carbons (Fsp3) is 0.800. The first-order valence-electron chi connectivity index (χ1n) is 2.55. The van der Waals surface area contributed by atoms with Gasteiger partial charge in [-0.2, -0.15) is 0 Å². The molecule has 0 aromatic carbocycles. The molecule has 1 N–H and O–H groups in total. The molecule has 0 spiro atoms. The topological polar surface area (TPSA) is 37.3 Å². The number of hydrogen-bond donors (Lipinski definition) is 1. The number of alkyl halides is 1. The van der Waals surface area contributed by atoms with E-state index in [1.165, 1.54) is 0 Å². The normalized spacial score (nSPS) is 11.8. The minimum Gasteiger partial charge on any atom is -1.00 e. The second-order valence-electron chi connectivity index (χ2n) is 1.59. The molecule has 0 aromatic rings. The summed E-state index contributed by atoms with van der Waals surface area (Å²) in [7, 11) is 0. The van der Waals surface area contributed by atoms with Crippen LogP contribution in [0.4, 0.5) is 0 Å². The van der Waals surface area contributed by atoms with E-state index in [-0.39, 0.29) is 56.7 Å². The smallest absolute Gasteiger partial charge is 1.00 e. The molecule has 4 heteroatoms. The van der Waals surface area contributed by atoms with Crippen molar-refractivity contribution in [2.24, 2.45) is 0 Å². The van der Waals surface area contributed by atoms with Gasteiger partial charge in [0, 0.05) is 0 Å². The summed E-state index contributed by atoms with van der Waals surface area (Å²) in [6.45, 7) is 1.98. The molecule has 50 valence electrons. The molecular weight excluding hydrogens is 258 g/mol. The molecule has 0 amide bonds. The van der Waals surface area contributed by atoms with Crippen molar-refractivity contribution in [1.82, 2.24) is 0 Å². The second kappa shape index (κ2) is 7.94. The van der Waals surface area contributed by atoms with Crippen molar-refractivity contribution in [3.8, 4) is 0 Å². The first kappa shape index (κ1) is 13.4. The first-order chi connectivity index (χ1) is 3.68. The molecule has 0 aliphatic carbocycles. The van der Waals surface area contributed by atoms with Crippen LogP contribution in [0.3, 0.4) is 0 Å². The maximum absolute atomic E-state index is 10.1. The molecular formula is C5H10IKO2. The number of carbonyl (C=O) groups is 1. The van der Waals surface area contributed by atoms with Crippen molar-refractivity contribution < 1.29 is 62.7 Å². The predicted molar refractivity (Wildman–Crippen MR) is 41.5 cm³/mol. The Balaban J connectivity index is -0.000000245. The number of carboxylic acids is 1. The summed E-state index contributed by atoms with van der Waals surface area (Å²) in [5.41, 5.74) is 0. The third-order valence-corrected chi connectivity index (χ3v) is 1.97. The Labute approximate surface area is 113 Å². The standard InChI is InChI=1S/C5H9IO2.K.H/c1-2-3-4(6)5(7)8;;/h4H,2-3H2,1H3,(H,7,8);;/q;+1;-1. The number of aliphatic carboxylic acids is 1. The molecule has 0 aliphatic rings. The van der Waals surface area contributed by atoms with Gasteiger partial charge in [0.25, 0.3) is 0 Å². The molecule has 0 aromatic heterocycles. The molecule has 0 fully saturated rings. The van der Waals surface area contributed by atoms with Crippen LogP contribution in [-0.4, -0.2) is 15.0 Å². The summed E-state index contributed by atoms with van der Waals surface area (Å²) in [4.78, 5) is 10.1. The van der Waals surface area contributed by atoms with Crippen molar-refractivity contribution in [1.29, 1.82) is 0 Å². The van der Waals surface area contributed by atoms with Gasteiger partial charge in [0.05, 0.1) is 0 Å². The summed E-state index contributed by atoms with van der Waals surface area (Å²) in [5.74, 6) is -0.701. The third-order valence-electron chi connectivity index (χ3n) is 0.810. The Hall–Kier alpha value is 1.84. The van der Waals surface area contributed by atoms with Gasteiger partial charge >= 0.3 is 57.4 Å². The number of hydrogen-bond acceptors (Lipinski definition) is 1. The zero-order valence-corrected chi connectivity index (χ0v) is 11.0. The van der Waals surface area contributed by atoms with Crippen LogP contribution in [0, 0.1) is 0 Å². The Bertz CT molecular complexity index is 91.7. The summed E-state index contributed by atoms with van der Waals surface area (Å²) >= 11 is 1.93. The molecule has 2 nitrogen and oxygen atoms in total. The van der Waals surface area contributed by atoms with Gasteiger partial charge in [0.1, 0.15) is 3.92 Å².